The van der Waals surface area contributed by atoms with E-state index in [-0.39, 0.29) is 17.6 Å². The zero-order chi connectivity index (χ0) is 20.7. The number of phenols is 1. The predicted molar refractivity (Wildman–Crippen MR) is 116 cm³/mol. The standard InChI is InChI=1S/C25H22N2O3/c28-16-23-19-7-1-2-8-20(19)24-21(23)9-4-10-22(24)25(30)27-13-11-26(12-14-27)17-5-3-6-18(29)15-17/h1-10,15-16,23,29H,11-14H2. The minimum Gasteiger partial charge on any atom is -0.508 e. The fourth-order valence-corrected chi connectivity index (χ4v) is 4.65. The molecule has 1 aliphatic carbocycles. The lowest BCUT2D eigenvalue weighted by molar-refractivity contribution is -0.108. The first-order valence-electron chi connectivity index (χ1n) is 10.2. The minimum atomic E-state index is -0.313. The Kier molecular flexibility index (Phi) is 4.51. The van der Waals surface area contributed by atoms with Gasteiger partial charge in [-0.2, -0.15) is 0 Å². The van der Waals surface area contributed by atoms with Crippen LogP contribution in [0.1, 0.15) is 27.4 Å². The molecule has 1 heterocycles. The van der Waals surface area contributed by atoms with Crippen molar-refractivity contribution in [1.29, 1.82) is 0 Å². The van der Waals surface area contributed by atoms with E-state index < -0.39 is 0 Å². The number of carbonyl (C=O) groups is 2. The van der Waals surface area contributed by atoms with Gasteiger partial charge in [-0.3, -0.25) is 4.79 Å². The minimum absolute atomic E-state index is 0.00348. The largest absolute Gasteiger partial charge is 0.508 e. The molecule has 3 aromatic carbocycles. The van der Waals surface area contributed by atoms with Crippen LogP contribution in [0.4, 0.5) is 5.69 Å². The summed E-state index contributed by atoms with van der Waals surface area (Å²) >= 11 is 0. The summed E-state index contributed by atoms with van der Waals surface area (Å²) in [7, 11) is 0. The van der Waals surface area contributed by atoms with Gasteiger partial charge >= 0.3 is 0 Å². The van der Waals surface area contributed by atoms with Gasteiger partial charge in [0.2, 0.25) is 0 Å². The van der Waals surface area contributed by atoms with Crippen molar-refractivity contribution < 1.29 is 14.7 Å². The topological polar surface area (TPSA) is 60.9 Å². The maximum Gasteiger partial charge on any atom is 0.254 e. The molecule has 5 rings (SSSR count). The number of phenolic OH excluding ortho intramolecular Hbond substituents is 1. The Bertz CT molecular complexity index is 1130. The van der Waals surface area contributed by atoms with E-state index in [4.69, 9.17) is 0 Å². The fraction of sp³-hybridized carbons (Fsp3) is 0.200. The van der Waals surface area contributed by atoms with E-state index >= 15 is 0 Å². The first-order chi connectivity index (χ1) is 14.7. The summed E-state index contributed by atoms with van der Waals surface area (Å²) in [4.78, 5) is 29.3. The third-order valence-corrected chi connectivity index (χ3v) is 6.13. The molecule has 0 spiro atoms. The lowest BCUT2D eigenvalue weighted by Gasteiger charge is -2.36. The average molecular weight is 398 g/mol. The molecule has 0 aromatic heterocycles. The van der Waals surface area contributed by atoms with Gasteiger partial charge in [0.05, 0.1) is 5.92 Å². The molecule has 1 aliphatic heterocycles. The van der Waals surface area contributed by atoms with Crippen molar-refractivity contribution in [2.24, 2.45) is 0 Å². The second kappa shape index (κ2) is 7.34. The summed E-state index contributed by atoms with van der Waals surface area (Å²) in [5.74, 6) is -0.0652. The first-order valence-corrected chi connectivity index (χ1v) is 10.2. The monoisotopic (exact) mass is 398 g/mol. The number of rotatable bonds is 3. The van der Waals surface area contributed by atoms with E-state index in [9.17, 15) is 14.7 Å². The van der Waals surface area contributed by atoms with Crippen molar-refractivity contribution >= 4 is 17.9 Å². The molecule has 1 amide bonds. The lowest BCUT2D eigenvalue weighted by Crippen LogP contribution is -2.48. The van der Waals surface area contributed by atoms with E-state index in [0.29, 0.717) is 31.7 Å². The third kappa shape index (κ3) is 2.94. The smallest absolute Gasteiger partial charge is 0.254 e. The number of hydrogen-bond donors (Lipinski definition) is 1. The summed E-state index contributed by atoms with van der Waals surface area (Å²) < 4.78 is 0. The van der Waals surface area contributed by atoms with E-state index in [1.54, 1.807) is 12.1 Å². The molecule has 5 heteroatoms. The van der Waals surface area contributed by atoms with Gasteiger partial charge in [0, 0.05) is 43.5 Å². The molecule has 150 valence electrons. The zero-order valence-electron chi connectivity index (χ0n) is 16.5. The van der Waals surface area contributed by atoms with E-state index in [0.717, 1.165) is 34.2 Å². The van der Waals surface area contributed by atoms with Crippen LogP contribution < -0.4 is 4.90 Å². The van der Waals surface area contributed by atoms with Gasteiger partial charge < -0.3 is 19.7 Å². The third-order valence-electron chi connectivity index (χ3n) is 6.13. The predicted octanol–water partition coefficient (Wildman–Crippen LogP) is 3.67. The average Bonchev–Trinajstić information content (AvgIpc) is 3.12. The van der Waals surface area contributed by atoms with Crippen LogP contribution in [0, 0.1) is 0 Å². The molecule has 2 aliphatic rings. The molecule has 0 radical (unpaired) electrons. The number of aldehydes is 1. The van der Waals surface area contributed by atoms with Gasteiger partial charge in [-0.05, 0) is 40.5 Å². The maximum atomic E-state index is 13.4. The van der Waals surface area contributed by atoms with Gasteiger partial charge in [-0.25, -0.2) is 0 Å². The van der Waals surface area contributed by atoms with Crippen molar-refractivity contribution in [2.45, 2.75) is 5.92 Å². The SMILES string of the molecule is O=CC1c2ccccc2-c2c(C(=O)N3CCN(c4cccc(O)c4)CC3)cccc21. The van der Waals surface area contributed by atoms with Gasteiger partial charge in [-0.1, -0.05) is 42.5 Å². The second-order valence-corrected chi connectivity index (χ2v) is 7.77. The molecule has 1 atom stereocenters. The van der Waals surface area contributed by atoms with Gasteiger partial charge in [0.15, 0.2) is 0 Å². The Balaban J connectivity index is 1.42. The zero-order valence-corrected chi connectivity index (χ0v) is 16.5. The number of hydrogen-bond acceptors (Lipinski definition) is 4. The Morgan fingerprint density at radius 1 is 0.900 bits per heavy atom. The van der Waals surface area contributed by atoms with Crippen LogP contribution in [-0.2, 0) is 4.79 Å². The number of fused-ring (bicyclic) bond motifs is 3. The highest BCUT2D eigenvalue weighted by atomic mass is 16.3. The van der Waals surface area contributed by atoms with Crippen LogP contribution in [0.3, 0.4) is 0 Å². The van der Waals surface area contributed by atoms with E-state index in [1.165, 1.54) is 0 Å². The number of benzene rings is 3. The summed E-state index contributed by atoms with van der Waals surface area (Å²) in [5.41, 5.74) is 5.38. The van der Waals surface area contributed by atoms with E-state index in [2.05, 4.69) is 4.90 Å². The molecule has 1 saturated heterocycles. The summed E-state index contributed by atoms with van der Waals surface area (Å²) in [5, 5.41) is 9.73. The number of anilines is 1. The van der Waals surface area contributed by atoms with Crippen LogP contribution in [0.5, 0.6) is 5.75 Å². The molecule has 30 heavy (non-hydrogen) atoms. The molecule has 1 unspecified atom stereocenters. The molecule has 0 bridgehead atoms. The van der Waals surface area contributed by atoms with Gasteiger partial charge in [0.25, 0.3) is 5.91 Å². The van der Waals surface area contributed by atoms with Crippen LogP contribution in [0.2, 0.25) is 0 Å². The number of nitrogens with zero attached hydrogens (tertiary/aromatic N) is 2. The Hall–Kier alpha value is -3.60. The number of piperazine rings is 1. The molecular weight excluding hydrogens is 376 g/mol. The maximum absolute atomic E-state index is 13.4. The van der Waals surface area contributed by atoms with Gasteiger partial charge in [0.1, 0.15) is 12.0 Å². The lowest BCUT2D eigenvalue weighted by atomic mass is 9.96. The van der Waals surface area contributed by atoms with Crippen LogP contribution in [0.15, 0.2) is 66.7 Å². The Morgan fingerprint density at radius 3 is 2.40 bits per heavy atom. The van der Waals surface area contributed by atoms with Gasteiger partial charge in [-0.15, -0.1) is 0 Å². The highest BCUT2D eigenvalue weighted by molar-refractivity contribution is 6.05. The first kappa shape index (κ1) is 18.4. The summed E-state index contributed by atoms with van der Waals surface area (Å²) in [6.45, 7) is 2.63. The number of aromatic hydroxyl groups is 1. The highest BCUT2D eigenvalue weighted by Crippen LogP contribution is 2.45. The molecule has 1 fully saturated rings. The highest BCUT2D eigenvalue weighted by Gasteiger charge is 2.33. The van der Waals surface area contributed by atoms with Crippen molar-refractivity contribution in [3.05, 3.63) is 83.4 Å². The van der Waals surface area contributed by atoms with Crippen molar-refractivity contribution in [2.75, 3.05) is 31.1 Å². The summed E-state index contributed by atoms with van der Waals surface area (Å²) in [6.07, 6.45) is 0.965. The molecule has 3 aromatic rings. The molecule has 5 nitrogen and oxygen atoms in total. The quantitative estimate of drug-likeness (QED) is 0.684. The van der Waals surface area contributed by atoms with Crippen molar-refractivity contribution in [3.63, 3.8) is 0 Å². The fourth-order valence-electron chi connectivity index (χ4n) is 4.65. The van der Waals surface area contributed by atoms with Crippen molar-refractivity contribution in [1.82, 2.24) is 4.90 Å². The number of amides is 1. The Labute approximate surface area is 175 Å². The van der Waals surface area contributed by atoms with Crippen LogP contribution in [0.25, 0.3) is 11.1 Å². The summed E-state index contributed by atoms with van der Waals surface area (Å²) in [6, 6.07) is 20.7. The second-order valence-electron chi connectivity index (χ2n) is 7.77. The molecule has 1 N–H and O–H groups in total. The normalized spacial score (nSPS) is 17.4. The van der Waals surface area contributed by atoms with Crippen molar-refractivity contribution in [3.8, 4) is 16.9 Å². The molecular formula is C25H22N2O3. The van der Waals surface area contributed by atoms with Crippen LogP contribution in [-0.4, -0.2) is 48.4 Å². The van der Waals surface area contributed by atoms with Crippen LogP contribution >= 0.6 is 0 Å². The Morgan fingerprint density at radius 2 is 1.63 bits per heavy atom. The van der Waals surface area contributed by atoms with E-state index in [1.807, 2.05) is 59.5 Å². The molecule has 0 saturated carbocycles. The number of carbonyl (C=O) groups excluding carboxylic acids is 2.